The van der Waals surface area contributed by atoms with E-state index in [0.29, 0.717) is 5.92 Å². The Labute approximate surface area is 75.5 Å². The molecular weight excluding hydrogens is 150 g/mol. The van der Waals surface area contributed by atoms with Gasteiger partial charge in [0.25, 0.3) is 0 Å². The van der Waals surface area contributed by atoms with E-state index in [-0.39, 0.29) is 0 Å². The lowest BCUT2D eigenvalue weighted by Crippen LogP contribution is -2.18. The summed E-state index contributed by atoms with van der Waals surface area (Å²) in [6, 6.07) is 0. The molecule has 2 nitrogen and oxygen atoms in total. The highest BCUT2D eigenvalue weighted by atomic mass is 16.5. The normalized spacial score (nSPS) is 22.5. The van der Waals surface area contributed by atoms with E-state index >= 15 is 0 Å². The van der Waals surface area contributed by atoms with Crippen LogP contribution in [0.3, 0.4) is 0 Å². The van der Waals surface area contributed by atoms with Gasteiger partial charge in [0.05, 0.1) is 0 Å². The van der Waals surface area contributed by atoms with Crippen molar-refractivity contribution in [2.45, 2.75) is 32.6 Å². The van der Waals surface area contributed by atoms with Crippen molar-refractivity contribution in [3.8, 4) is 0 Å². The van der Waals surface area contributed by atoms with Crippen LogP contribution in [0.1, 0.15) is 32.6 Å². The maximum atomic E-state index is 5.56. The van der Waals surface area contributed by atoms with E-state index in [0.717, 1.165) is 25.7 Å². The molecule has 1 aliphatic heterocycles. The molecule has 0 aromatic rings. The molecule has 0 saturated carbocycles. The van der Waals surface area contributed by atoms with Crippen molar-refractivity contribution in [2.75, 3.05) is 19.8 Å². The fourth-order valence-corrected chi connectivity index (χ4v) is 1.67. The van der Waals surface area contributed by atoms with Gasteiger partial charge in [0.1, 0.15) is 0 Å². The number of hydrogen-bond donors (Lipinski definition) is 1. The molecule has 0 amide bonds. The smallest absolute Gasteiger partial charge is 0.0468 e. The standard InChI is InChI=1S/C10H21NO/c1-9(8-11)2-3-10-4-6-12-7-5-10/h9-10H,2-8,11H2,1H3/t9-/m0/s1. The second-order valence-corrected chi connectivity index (χ2v) is 3.97. The lowest BCUT2D eigenvalue weighted by molar-refractivity contribution is 0.0622. The van der Waals surface area contributed by atoms with Crippen LogP contribution in [0.15, 0.2) is 0 Å². The first-order chi connectivity index (χ1) is 5.83. The Kier molecular flexibility index (Phi) is 4.62. The molecule has 1 atom stereocenters. The quantitative estimate of drug-likeness (QED) is 0.700. The van der Waals surface area contributed by atoms with Crippen LogP contribution >= 0.6 is 0 Å². The van der Waals surface area contributed by atoms with Crippen molar-refractivity contribution >= 4 is 0 Å². The molecule has 0 unspecified atom stereocenters. The molecule has 1 rings (SSSR count). The van der Waals surface area contributed by atoms with Crippen LogP contribution < -0.4 is 5.73 Å². The van der Waals surface area contributed by atoms with E-state index in [1.165, 1.54) is 25.7 Å². The Hall–Kier alpha value is -0.0800. The highest BCUT2D eigenvalue weighted by molar-refractivity contribution is 4.65. The molecule has 0 radical (unpaired) electrons. The van der Waals surface area contributed by atoms with Crippen LogP contribution in [-0.2, 0) is 4.74 Å². The second-order valence-electron chi connectivity index (χ2n) is 3.97. The van der Waals surface area contributed by atoms with E-state index in [2.05, 4.69) is 6.92 Å². The van der Waals surface area contributed by atoms with E-state index in [4.69, 9.17) is 10.5 Å². The zero-order valence-corrected chi connectivity index (χ0v) is 8.09. The van der Waals surface area contributed by atoms with E-state index in [1.807, 2.05) is 0 Å². The molecule has 1 saturated heterocycles. The third-order valence-corrected chi connectivity index (χ3v) is 2.81. The maximum Gasteiger partial charge on any atom is 0.0468 e. The van der Waals surface area contributed by atoms with Gasteiger partial charge in [0, 0.05) is 13.2 Å². The molecule has 72 valence electrons. The van der Waals surface area contributed by atoms with Crippen molar-refractivity contribution in [3.63, 3.8) is 0 Å². The Bertz CT molecular complexity index is 110. The maximum absolute atomic E-state index is 5.56. The van der Waals surface area contributed by atoms with Crippen molar-refractivity contribution in [1.29, 1.82) is 0 Å². The highest BCUT2D eigenvalue weighted by Gasteiger charge is 2.14. The van der Waals surface area contributed by atoms with E-state index in [1.54, 1.807) is 0 Å². The SMILES string of the molecule is C[C@H](CN)CCC1CCOCC1. The fraction of sp³-hybridized carbons (Fsp3) is 1.00. The second kappa shape index (κ2) is 5.55. The largest absolute Gasteiger partial charge is 0.381 e. The molecule has 1 heterocycles. The van der Waals surface area contributed by atoms with Crippen LogP contribution in [0, 0.1) is 11.8 Å². The molecule has 2 N–H and O–H groups in total. The van der Waals surface area contributed by atoms with Gasteiger partial charge in [-0.3, -0.25) is 0 Å². The molecule has 0 aromatic carbocycles. The first-order valence-electron chi connectivity index (χ1n) is 5.10. The number of rotatable bonds is 4. The summed E-state index contributed by atoms with van der Waals surface area (Å²) in [5, 5.41) is 0. The van der Waals surface area contributed by atoms with E-state index in [9.17, 15) is 0 Å². The number of ether oxygens (including phenoxy) is 1. The van der Waals surface area contributed by atoms with Crippen molar-refractivity contribution in [2.24, 2.45) is 17.6 Å². The summed E-state index contributed by atoms with van der Waals surface area (Å²) in [4.78, 5) is 0. The summed E-state index contributed by atoms with van der Waals surface area (Å²) in [7, 11) is 0. The van der Waals surface area contributed by atoms with Crippen LogP contribution in [0.25, 0.3) is 0 Å². The van der Waals surface area contributed by atoms with Gasteiger partial charge >= 0.3 is 0 Å². The molecule has 1 fully saturated rings. The molecule has 0 bridgehead atoms. The van der Waals surface area contributed by atoms with E-state index < -0.39 is 0 Å². The van der Waals surface area contributed by atoms with Crippen molar-refractivity contribution in [3.05, 3.63) is 0 Å². The Morgan fingerprint density at radius 3 is 2.67 bits per heavy atom. The first-order valence-corrected chi connectivity index (χ1v) is 5.10. The molecule has 12 heavy (non-hydrogen) atoms. The minimum atomic E-state index is 0.702. The summed E-state index contributed by atoms with van der Waals surface area (Å²) < 4.78 is 5.31. The molecule has 2 heteroatoms. The van der Waals surface area contributed by atoms with Crippen molar-refractivity contribution < 1.29 is 4.74 Å². The highest BCUT2D eigenvalue weighted by Crippen LogP contribution is 2.21. The van der Waals surface area contributed by atoms with Crippen LogP contribution in [0.5, 0.6) is 0 Å². The Balaban J connectivity index is 2.05. The number of nitrogens with two attached hydrogens (primary N) is 1. The lowest BCUT2D eigenvalue weighted by Gasteiger charge is -2.22. The Morgan fingerprint density at radius 1 is 1.42 bits per heavy atom. The predicted molar refractivity (Wildman–Crippen MR) is 51.0 cm³/mol. The number of hydrogen-bond acceptors (Lipinski definition) is 2. The molecule has 1 aliphatic rings. The minimum Gasteiger partial charge on any atom is -0.381 e. The fourth-order valence-electron chi connectivity index (χ4n) is 1.67. The monoisotopic (exact) mass is 171 g/mol. The summed E-state index contributed by atoms with van der Waals surface area (Å²) in [5.74, 6) is 1.61. The van der Waals surface area contributed by atoms with Gasteiger partial charge in [-0.15, -0.1) is 0 Å². The third kappa shape index (κ3) is 3.55. The zero-order chi connectivity index (χ0) is 8.81. The first kappa shape index (κ1) is 10.0. The molecule has 0 spiro atoms. The van der Waals surface area contributed by atoms with Gasteiger partial charge in [-0.2, -0.15) is 0 Å². The minimum absolute atomic E-state index is 0.702. The van der Waals surface area contributed by atoms with Gasteiger partial charge in [-0.1, -0.05) is 6.92 Å². The summed E-state index contributed by atoms with van der Waals surface area (Å²) in [6.45, 7) is 5.02. The van der Waals surface area contributed by atoms with Crippen LogP contribution in [0.4, 0.5) is 0 Å². The van der Waals surface area contributed by atoms with Crippen LogP contribution in [-0.4, -0.2) is 19.8 Å². The molecule has 0 aliphatic carbocycles. The van der Waals surface area contributed by atoms with Gasteiger partial charge in [0.15, 0.2) is 0 Å². The van der Waals surface area contributed by atoms with Gasteiger partial charge in [-0.05, 0) is 44.1 Å². The summed E-state index contributed by atoms with van der Waals surface area (Å²) >= 11 is 0. The molecule has 0 aromatic heterocycles. The van der Waals surface area contributed by atoms with Gasteiger partial charge < -0.3 is 10.5 Å². The third-order valence-electron chi connectivity index (χ3n) is 2.81. The Morgan fingerprint density at radius 2 is 2.08 bits per heavy atom. The zero-order valence-electron chi connectivity index (χ0n) is 8.09. The lowest BCUT2D eigenvalue weighted by atomic mass is 9.91. The van der Waals surface area contributed by atoms with Crippen molar-refractivity contribution in [1.82, 2.24) is 0 Å². The summed E-state index contributed by atoms with van der Waals surface area (Å²) in [5.41, 5.74) is 5.56. The average molecular weight is 171 g/mol. The van der Waals surface area contributed by atoms with Gasteiger partial charge in [-0.25, -0.2) is 0 Å². The average Bonchev–Trinajstić information content (AvgIpc) is 2.16. The topological polar surface area (TPSA) is 35.2 Å². The van der Waals surface area contributed by atoms with Gasteiger partial charge in [0.2, 0.25) is 0 Å². The van der Waals surface area contributed by atoms with Crippen LogP contribution in [0.2, 0.25) is 0 Å². The molecular formula is C10H21NO. The predicted octanol–water partition coefficient (Wildman–Crippen LogP) is 1.79. The summed E-state index contributed by atoms with van der Waals surface area (Å²) in [6.07, 6.45) is 5.16.